The summed E-state index contributed by atoms with van der Waals surface area (Å²) in [5.74, 6) is -1.84. The molecule has 1 rings (SSSR count). The summed E-state index contributed by atoms with van der Waals surface area (Å²) >= 11 is 0. The summed E-state index contributed by atoms with van der Waals surface area (Å²) in [5, 5.41) is 0. The van der Waals surface area contributed by atoms with Crippen molar-refractivity contribution in [2.75, 3.05) is 5.73 Å². The van der Waals surface area contributed by atoms with Crippen molar-refractivity contribution in [3.8, 4) is 0 Å². The molecule has 0 amide bonds. The Hall–Kier alpha value is -1.16. The molecule has 4 N–H and O–H groups in total. The van der Waals surface area contributed by atoms with Crippen LogP contribution >= 0.6 is 0 Å². The Morgan fingerprint density at radius 1 is 1.29 bits per heavy atom. The summed E-state index contributed by atoms with van der Waals surface area (Å²) in [7, 11) is 0. The molecule has 0 aliphatic carbocycles. The minimum atomic E-state index is -0.935. The second kappa shape index (κ2) is 4.37. The zero-order chi connectivity index (χ0) is 10.7. The summed E-state index contributed by atoms with van der Waals surface area (Å²) in [6.45, 7) is 1.97. The van der Waals surface area contributed by atoms with E-state index in [1.807, 2.05) is 6.92 Å². The van der Waals surface area contributed by atoms with E-state index < -0.39 is 11.6 Å². The summed E-state index contributed by atoms with van der Waals surface area (Å²) in [6.07, 6.45) is 1.58. The van der Waals surface area contributed by atoms with Crippen molar-refractivity contribution in [3.63, 3.8) is 0 Å². The topological polar surface area (TPSA) is 52.0 Å². The van der Waals surface area contributed by atoms with Gasteiger partial charge in [0.15, 0.2) is 11.6 Å². The number of hydrogen-bond donors (Lipinski definition) is 2. The van der Waals surface area contributed by atoms with Crippen LogP contribution < -0.4 is 11.5 Å². The van der Waals surface area contributed by atoms with E-state index in [0.29, 0.717) is 12.0 Å². The predicted molar refractivity (Wildman–Crippen MR) is 52.6 cm³/mol. The molecule has 4 heteroatoms. The van der Waals surface area contributed by atoms with Gasteiger partial charge in [-0.25, -0.2) is 8.78 Å². The Morgan fingerprint density at radius 3 is 2.43 bits per heavy atom. The van der Waals surface area contributed by atoms with Crippen LogP contribution in [-0.4, -0.2) is 0 Å². The molecular weight excluding hydrogens is 186 g/mol. The first-order valence-corrected chi connectivity index (χ1v) is 4.56. The highest BCUT2D eigenvalue weighted by Gasteiger charge is 2.12. The van der Waals surface area contributed by atoms with Crippen LogP contribution in [0.4, 0.5) is 14.5 Å². The number of anilines is 1. The zero-order valence-corrected chi connectivity index (χ0v) is 8.06. The molecule has 1 atom stereocenters. The van der Waals surface area contributed by atoms with Crippen molar-refractivity contribution in [3.05, 3.63) is 29.3 Å². The van der Waals surface area contributed by atoms with Gasteiger partial charge in [-0.3, -0.25) is 0 Å². The number of rotatable bonds is 3. The molecule has 2 nitrogen and oxygen atoms in total. The van der Waals surface area contributed by atoms with Crippen LogP contribution in [0.15, 0.2) is 12.1 Å². The molecule has 0 aromatic heterocycles. The highest BCUT2D eigenvalue weighted by atomic mass is 19.2. The van der Waals surface area contributed by atoms with Gasteiger partial charge in [-0.15, -0.1) is 0 Å². The van der Waals surface area contributed by atoms with Crippen molar-refractivity contribution in [1.82, 2.24) is 0 Å². The van der Waals surface area contributed by atoms with Crippen LogP contribution in [0.3, 0.4) is 0 Å². The first-order valence-electron chi connectivity index (χ1n) is 4.56. The fraction of sp³-hybridized carbons (Fsp3) is 0.400. The van der Waals surface area contributed by atoms with Gasteiger partial charge in [0.1, 0.15) is 0 Å². The second-order valence-electron chi connectivity index (χ2n) is 3.29. The van der Waals surface area contributed by atoms with Gasteiger partial charge in [-0.2, -0.15) is 0 Å². The lowest BCUT2D eigenvalue weighted by atomic mass is 10.0. The van der Waals surface area contributed by atoms with E-state index in [1.54, 1.807) is 0 Å². The number of nitrogen functional groups attached to an aromatic ring is 1. The van der Waals surface area contributed by atoms with E-state index in [9.17, 15) is 8.78 Å². The van der Waals surface area contributed by atoms with Gasteiger partial charge in [0.2, 0.25) is 0 Å². The summed E-state index contributed by atoms with van der Waals surface area (Å²) in [6, 6.07) is 1.72. The average molecular weight is 200 g/mol. The van der Waals surface area contributed by atoms with Gasteiger partial charge >= 0.3 is 0 Å². The van der Waals surface area contributed by atoms with Crippen LogP contribution in [0.2, 0.25) is 0 Å². The van der Waals surface area contributed by atoms with E-state index in [2.05, 4.69) is 0 Å². The summed E-state index contributed by atoms with van der Waals surface area (Å²) in [4.78, 5) is 0. The van der Waals surface area contributed by atoms with Crippen LogP contribution in [0.25, 0.3) is 0 Å². The molecule has 0 fully saturated rings. The van der Waals surface area contributed by atoms with Gasteiger partial charge in [-0.1, -0.05) is 13.3 Å². The summed E-state index contributed by atoms with van der Waals surface area (Å²) < 4.78 is 25.6. The van der Waals surface area contributed by atoms with Crippen molar-refractivity contribution >= 4 is 5.69 Å². The van der Waals surface area contributed by atoms with Crippen molar-refractivity contribution in [2.24, 2.45) is 5.73 Å². The first-order chi connectivity index (χ1) is 6.56. The normalized spacial score (nSPS) is 12.9. The molecule has 0 unspecified atom stereocenters. The van der Waals surface area contributed by atoms with E-state index in [-0.39, 0.29) is 11.7 Å². The van der Waals surface area contributed by atoms with Crippen molar-refractivity contribution in [2.45, 2.75) is 25.8 Å². The maximum Gasteiger partial charge on any atom is 0.160 e. The molecule has 0 aliphatic rings. The van der Waals surface area contributed by atoms with Crippen LogP contribution in [-0.2, 0) is 0 Å². The lowest BCUT2D eigenvalue weighted by molar-refractivity contribution is 0.504. The average Bonchev–Trinajstić information content (AvgIpc) is 2.11. The smallest absolute Gasteiger partial charge is 0.160 e. The lowest BCUT2D eigenvalue weighted by Gasteiger charge is -2.13. The Kier molecular flexibility index (Phi) is 3.41. The predicted octanol–water partition coefficient (Wildman–Crippen LogP) is 2.35. The van der Waals surface area contributed by atoms with E-state index in [0.717, 1.165) is 18.6 Å². The molecule has 0 spiro atoms. The Balaban J connectivity index is 3.02. The largest absolute Gasteiger partial charge is 0.398 e. The fourth-order valence-corrected chi connectivity index (χ4v) is 1.37. The van der Waals surface area contributed by atoms with Crippen LogP contribution in [0.1, 0.15) is 31.4 Å². The molecule has 14 heavy (non-hydrogen) atoms. The highest BCUT2D eigenvalue weighted by Crippen LogP contribution is 2.24. The minimum absolute atomic E-state index is 0.213. The third-order valence-electron chi connectivity index (χ3n) is 2.13. The monoisotopic (exact) mass is 200 g/mol. The van der Waals surface area contributed by atoms with Crippen molar-refractivity contribution < 1.29 is 8.78 Å². The number of halogens is 2. The maximum absolute atomic E-state index is 12.9. The highest BCUT2D eigenvalue weighted by molar-refractivity contribution is 5.48. The maximum atomic E-state index is 12.9. The third kappa shape index (κ3) is 2.20. The molecule has 1 aromatic carbocycles. The van der Waals surface area contributed by atoms with Gasteiger partial charge in [0.05, 0.1) is 0 Å². The zero-order valence-electron chi connectivity index (χ0n) is 8.06. The number of hydrogen-bond acceptors (Lipinski definition) is 2. The Labute approximate surface area is 81.9 Å². The molecule has 1 aromatic rings. The van der Waals surface area contributed by atoms with Gasteiger partial charge in [0.25, 0.3) is 0 Å². The SMILES string of the molecule is CCC[C@H](N)c1cc(F)c(F)cc1N. The molecule has 0 aliphatic heterocycles. The summed E-state index contributed by atoms with van der Waals surface area (Å²) in [5.41, 5.74) is 12.0. The van der Waals surface area contributed by atoms with Gasteiger partial charge < -0.3 is 11.5 Å². The molecule has 0 heterocycles. The first kappa shape index (κ1) is 10.9. The molecular formula is C10H14F2N2. The molecule has 0 bridgehead atoms. The van der Waals surface area contributed by atoms with Crippen LogP contribution in [0, 0.1) is 11.6 Å². The third-order valence-corrected chi connectivity index (χ3v) is 2.13. The van der Waals surface area contributed by atoms with Crippen molar-refractivity contribution in [1.29, 1.82) is 0 Å². The fourth-order valence-electron chi connectivity index (χ4n) is 1.37. The number of nitrogens with two attached hydrogens (primary N) is 2. The van der Waals surface area contributed by atoms with Gasteiger partial charge in [0, 0.05) is 17.8 Å². The Morgan fingerprint density at radius 2 is 1.86 bits per heavy atom. The Bertz CT molecular complexity index is 326. The minimum Gasteiger partial charge on any atom is -0.398 e. The standard InChI is InChI=1S/C10H14F2N2/c1-2-3-9(13)6-4-7(11)8(12)5-10(6)14/h4-5,9H,2-3,13-14H2,1H3/t9-/m0/s1. The molecule has 0 saturated carbocycles. The van der Waals surface area contributed by atoms with E-state index >= 15 is 0 Å². The molecule has 0 saturated heterocycles. The van der Waals surface area contributed by atoms with E-state index in [1.165, 1.54) is 0 Å². The van der Waals surface area contributed by atoms with E-state index in [4.69, 9.17) is 11.5 Å². The quantitative estimate of drug-likeness (QED) is 0.736. The van der Waals surface area contributed by atoms with Crippen LogP contribution in [0.5, 0.6) is 0 Å². The number of benzene rings is 1. The van der Waals surface area contributed by atoms with Gasteiger partial charge in [-0.05, 0) is 18.1 Å². The molecule has 78 valence electrons. The second-order valence-corrected chi connectivity index (χ2v) is 3.29. The molecule has 0 radical (unpaired) electrons. The lowest BCUT2D eigenvalue weighted by Crippen LogP contribution is -2.13.